The maximum absolute atomic E-state index is 5.16. The average Bonchev–Trinajstić information content (AvgIpc) is 2.03. The van der Waals surface area contributed by atoms with Crippen LogP contribution >= 0.6 is 15.9 Å². The Hall–Kier alpha value is -1.10. The van der Waals surface area contributed by atoms with Gasteiger partial charge in [0, 0.05) is 10.7 Å². The predicted molar refractivity (Wildman–Crippen MR) is 51.5 cm³/mol. The lowest BCUT2D eigenvalue weighted by molar-refractivity contribution is 0.980. The molecule has 0 aliphatic rings. The summed E-state index contributed by atoms with van der Waals surface area (Å²) in [5.41, 5.74) is 11.2. The zero-order chi connectivity index (χ0) is 8.97. The van der Waals surface area contributed by atoms with Crippen LogP contribution in [0.3, 0.4) is 0 Å². The Morgan fingerprint density at radius 3 is 2.75 bits per heavy atom. The minimum atomic E-state index is 0.0831. The minimum absolute atomic E-state index is 0.0831. The van der Waals surface area contributed by atoms with E-state index in [0.717, 1.165) is 10.2 Å². The summed E-state index contributed by atoms with van der Waals surface area (Å²) in [6.07, 6.45) is 1.71. The molecule has 0 saturated carbocycles. The van der Waals surface area contributed by atoms with Crippen molar-refractivity contribution in [2.75, 3.05) is 0 Å². The monoisotopic (exact) mass is 228 g/mol. The fourth-order valence-corrected chi connectivity index (χ4v) is 0.907. The van der Waals surface area contributed by atoms with Gasteiger partial charge in [0.1, 0.15) is 0 Å². The summed E-state index contributed by atoms with van der Waals surface area (Å²) in [5, 5.41) is 0. The van der Waals surface area contributed by atoms with E-state index in [4.69, 9.17) is 11.5 Å². The summed E-state index contributed by atoms with van der Waals surface area (Å²) >= 11 is 3.28. The lowest BCUT2D eigenvalue weighted by Gasteiger charge is -1.95. The van der Waals surface area contributed by atoms with Crippen molar-refractivity contribution in [3.63, 3.8) is 0 Å². The van der Waals surface area contributed by atoms with Crippen LogP contribution in [0.4, 0.5) is 0 Å². The van der Waals surface area contributed by atoms with E-state index in [9.17, 15) is 0 Å². The number of aromatic nitrogens is 1. The highest BCUT2D eigenvalue weighted by molar-refractivity contribution is 9.10. The summed E-state index contributed by atoms with van der Waals surface area (Å²) in [4.78, 5) is 7.90. The van der Waals surface area contributed by atoms with Gasteiger partial charge >= 0.3 is 0 Å². The molecule has 0 radical (unpaired) electrons. The minimum Gasteiger partial charge on any atom is -0.370 e. The molecular formula is C7H9BrN4. The van der Waals surface area contributed by atoms with Crippen LogP contribution in [0.15, 0.2) is 27.8 Å². The quantitative estimate of drug-likeness (QED) is 0.576. The van der Waals surface area contributed by atoms with Crippen molar-refractivity contribution in [1.29, 1.82) is 0 Å². The van der Waals surface area contributed by atoms with Crippen LogP contribution in [0.2, 0.25) is 0 Å². The summed E-state index contributed by atoms with van der Waals surface area (Å²) in [6, 6.07) is 3.75. The number of hydrogen-bond acceptors (Lipinski definition) is 2. The third-order valence-corrected chi connectivity index (χ3v) is 1.68. The first-order chi connectivity index (χ1) is 5.68. The van der Waals surface area contributed by atoms with Gasteiger partial charge in [0.15, 0.2) is 5.96 Å². The first-order valence-corrected chi connectivity index (χ1v) is 4.13. The highest BCUT2D eigenvalue weighted by Gasteiger charge is 1.91. The van der Waals surface area contributed by atoms with Crippen LogP contribution in [0.1, 0.15) is 5.69 Å². The Morgan fingerprint density at radius 2 is 2.25 bits per heavy atom. The van der Waals surface area contributed by atoms with Gasteiger partial charge in [0.25, 0.3) is 0 Å². The molecule has 4 nitrogen and oxygen atoms in total. The number of halogens is 1. The summed E-state index contributed by atoms with van der Waals surface area (Å²) < 4.78 is 0.941. The second-order valence-corrected chi connectivity index (χ2v) is 3.12. The Labute approximate surface area is 78.8 Å². The lowest BCUT2D eigenvalue weighted by Crippen LogP contribution is -2.22. The SMILES string of the molecule is NC(N)=NCc1ccc(Br)cn1. The van der Waals surface area contributed by atoms with Crippen LogP contribution in [-0.2, 0) is 6.54 Å². The molecule has 0 saturated heterocycles. The first-order valence-electron chi connectivity index (χ1n) is 3.34. The number of pyridine rings is 1. The van der Waals surface area contributed by atoms with Crippen molar-refractivity contribution in [2.45, 2.75) is 6.54 Å². The number of hydrogen-bond donors (Lipinski definition) is 2. The van der Waals surface area contributed by atoms with E-state index in [-0.39, 0.29) is 5.96 Å². The molecular weight excluding hydrogens is 220 g/mol. The molecule has 0 spiro atoms. The normalized spacial score (nSPS) is 9.42. The number of guanidine groups is 1. The van der Waals surface area contributed by atoms with Crippen molar-refractivity contribution in [3.05, 3.63) is 28.5 Å². The summed E-state index contributed by atoms with van der Waals surface area (Å²) in [6.45, 7) is 0.426. The molecule has 0 aliphatic carbocycles. The van der Waals surface area contributed by atoms with Gasteiger partial charge in [-0.2, -0.15) is 0 Å². The molecule has 1 heterocycles. The van der Waals surface area contributed by atoms with E-state index in [1.54, 1.807) is 6.20 Å². The molecule has 0 fully saturated rings. The second-order valence-electron chi connectivity index (χ2n) is 2.21. The molecule has 5 heteroatoms. The van der Waals surface area contributed by atoms with Gasteiger partial charge in [-0.25, -0.2) is 4.99 Å². The van der Waals surface area contributed by atoms with Gasteiger partial charge in [-0.3, -0.25) is 4.98 Å². The van der Waals surface area contributed by atoms with E-state index in [0.29, 0.717) is 6.54 Å². The standard InChI is InChI=1S/C7H9BrN4/c8-5-1-2-6(11-3-5)4-12-7(9)10/h1-3H,4H2,(H4,9,10,12). The van der Waals surface area contributed by atoms with E-state index < -0.39 is 0 Å². The van der Waals surface area contributed by atoms with E-state index >= 15 is 0 Å². The zero-order valence-corrected chi connectivity index (χ0v) is 7.95. The van der Waals surface area contributed by atoms with Crippen LogP contribution in [0.25, 0.3) is 0 Å². The molecule has 0 bridgehead atoms. The molecule has 0 unspecified atom stereocenters. The number of aliphatic imine (C=N–C) groups is 1. The Bertz CT molecular complexity index is 276. The first kappa shape index (κ1) is 8.99. The van der Waals surface area contributed by atoms with Gasteiger partial charge in [0.05, 0.1) is 12.2 Å². The maximum Gasteiger partial charge on any atom is 0.186 e. The fourth-order valence-electron chi connectivity index (χ4n) is 0.672. The highest BCUT2D eigenvalue weighted by Crippen LogP contribution is 2.07. The summed E-state index contributed by atoms with van der Waals surface area (Å²) in [5.74, 6) is 0.0831. The number of nitrogens with zero attached hydrogens (tertiary/aromatic N) is 2. The molecule has 0 atom stereocenters. The van der Waals surface area contributed by atoms with Gasteiger partial charge in [-0.05, 0) is 28.1 Å². The third kappa shape index (κ3) is 2.87. The second kappa shape index (κ2) is 4.06. The smallest absolute Gasteiger partial charge is 0.186 e. The van der Waals surface area contributed by atoms with Gasteiger partial charge in [-0.1, -0.05) is 0 Å². The number of rotatable bonds is 2. The van der Waals surface area contributed by atoms with E-state index in [2.05, 4.69) is 25.9 Å². The van der Waals surface area contributed by atoms with E-state index in [1.165, 1.54) is 0 Å². The molecule has 1 rings (SSSR count). The molecule has 12 heavy (non-hydrogen) atoms. The van der Waals surface area contributed by atoms with Gasteiger partial charge in [-0.15, -0.1) is 0 Å². The number of nitrogens with two attached hydrogens (primary N) is 2. The van der Waals surface area contributed by atoms with Crippen molar-refractivity contribution in [3.8, 4) is 0 Å². The van der Waals surface area contributed by atoms with Crippen LogP contribution in [-0.4, -0.2) is 10.9 Å². The predicted octanol–water partition coefficient (Wildman–Crippen LogP) is 0.617. The van der Waals surface area contributed by atoms with Crippen LogP contribution < -0.4 is 11.5 Å². The molecule has 64 valence electrons. The van der Waals surface area contributed by atoms with Gasteiger partial charge in [0.2, 0.25) is 0 Å². The molecule has 0 aromatic carbocycles. The summed E-state index contributed by atoms with van der Waals surface area (Å²) in [7, 11) is 0. The van der Waals surface area contributed by atoms with Crippen molar-refractivity contribution >= 4 is 21.9 Å². The topological polar surface area (TPSA) is 77.3 Å². The Balaban J connectivity index is 2.65. The Kier molecular flexibility index (Phi) is 3.04. The maximum atomic E-state index is 5.16. The van der Waals surface area contributed by atoms with Crippen molar-refractivity contribution in [1.82, 2.24) is 4.98 Å². The molecule has 1 aromatic heterocycles. The van der Waals surface area contributed by atoms with Crippen LogP contribution in [0, 0.1) is 0 Å². The average molecular weight is 229 g/mol. The third-order valence-electron chi connectivity index (χ3n) is 1.21. The fraction of sp³-hybridized carbons (Fsp3) is 0.143. The molecule has 0 aliphatic heterocycles. The van der Waals surface area contributed by atoms with E-state index in [1.807, 2.05) is 12.1 Å². The Morgan fingerprint density at radius 1 is 1.50 bits per heavy atom. The highest BCUT2D eigenvalue weighted by atomic mass is 79.9. The molecule has 4 N–H and O–H groups in total. The molecule has 0 amide bonds. The van der Waals surface area contributed by atoms with Crippen molar-refractivity contribution in [2.24, 2.45) is 16.5 Å². The molecule has 1 aromatic rings. The zero-order valence-electron chi connectivity index (χ0n) is 6.37. The van der Waals surface area contributed by atoms with Crippen molar-refractivity contribution < 1.29 is 0 Å². The lowest BCUT2D eigenvalue weighted by atomic mass is 10.3. The van der Waals surface area contributed by atoms with Crippen LogP contribution in [0.5, 0.6) is 0 Å². The largest absolute Gasteiger partial charge is 0.370 e. The van der Waals surface area contributed by atoms with Gasteiger partial charge < -0.3 is 11.5 Å².